The van der Waals surface area contributed by atoms with E-state index in [0.29, 0.717) is 12.4 Å². The smallest absolute Gasteiger partial charge is 0.139 e. The molecule has 0 N–H and O–H groups in total. The predicted molar refractivity (Wildman–Crippen MR) is 52.1 cm³/mol. The number of Topliss-reactive ketones (excluding diaryl/α,β-unsaturated/α-hetero) is 1. The summed E-state index contributed by atoms with van der Waals surface area (Å²) in [6, 6.07) is 0. The standard InChI is InChI=1S/C11H18O3/c1-3-14-10-7-8-9(12)5-4-6-11(8,10)13-2/h8,10H,3-7H2,1-2H3. The second-order valence-corrected chi connectivity index (χ2v) is 4.21. The molecule has 0 aromatic carbocycles. The molecule has 14 heavy (non-hydrogen) atoms. The predicted octanol–water partition coefficient (Wildman–Crippen LogP) is 1.55. The molecule has 2 fully saturated rings. The van der Waals surface area contributed by atoms with E-state index in [1.165, 1.54) is 0 Å². The van der Waals surface area contributed by atoms with Gasteiger partial charge >= 0.3 is 0 Å². The topological polar surface area (TPSA) is 35.5 Å². The van der Waals surface area contributed by atoms with Crippen molar-refractivity contribution in [3.05, 3.63) is 0 Å². The second kappa shape index (κ2) is 3.63. The summed E-state index contributed by atoms with van der Waals surface area (Å²) in [7, 11) is 1.71. The lowest BCUT2D eigenvalue weighted by molar-refractivity contribution is -0.233. The molecule has 2 aliphatic rings. The Morgan fingerprint density at radius 3 is 3.00 bits per heavy atom. The number of ketones is 1. The summed E-state index contributed by atoms with van der Waals surface area (Å²) in [5, 5.41) is 0. The highest BCUT2D eigenvalue weighted by Gasteiger charge is 2.60. The zero-order valence-electron chi connectivity index (χ0n) is 8.91. The quantitative estimate of drug-likeness (QED) is 0.690. The lowest BCUT2D eigenvalue weighted by Crippen LogP contribution is -2.65. The molecule has 3 atom stereocenters. The van der Waals surface area contributed by atoms with Gasteiger partial charge in [0.05, 0.1) is 12.0 Å². The maximum Gasteiger partial charge on any atom is 0.139 e. The number of rotatable bonds is 3. The van der Waals surface area contributed by atoms with Crippen molar-refractivity contribution in [3.63, 3.8) is 0 Å². The van der Waals surface area contributed by atoms with Crippen LogP contribution < -0.4 is 0 Å². The number of fused-ring (bicyclic) bond motifs is 1. The van der Waals surface area contributed by atoms with Crippen molar-refractivity contribution in [3.8, 4) is 0 Å². The Morgan fingerprint density at radius 1 is 1.57 bits per heavy atom. The molecule has 0 bridgehead atoms. The van der Waals surface area contributed by atoms with E-state index in [-0.39, 0.29) is 17.6 Å². The largest absolute Gasteiger partial charge is 0.375 e. The van der Waals surface area contributed by atoms with Gasteiger partial charge in [-0.3, -0.25) is 4.79 Å². The van der Waals surface area contributed by atoms with E-state index in [2.05, 4.69) is 0 Å². The fraction of sp³-hybridized carbons (Fsp3) is 0.909. The van der Waals surface area contributed by atoms with Crippen molar-refractivity contribution in [1.29, 1.82) is 0 Å². The van der Waals surface area contributed by atoms with Crippen LogP contribution in [0, 0.1) is 5.92 Å². The number of ether oxygens (including phenoxy) is 2. The summed E-state index contributed by atoms with van der Waals surface area (Å²) < 4.78 is 11.2. The Bertz CT molecular complexity index is 239. The Kier molecular flexibility index (Phi) is 2.62. The normalized spacial score (nSPS) is 41.7. The molecule has 0 amide bonds. The van der Waals surface area contributed by atoms with Crippen molar-refractivity contribution in [2.45, 2.75) is 44.3 Å². The molecule has 0 heterocycles. The maximum absolute atomic E-state index is 11.6. The first kappa shape index (κ1) is 10.1. The monoisotopic (exact) mass is 198 g/mol. The Labute approximate surface area is 84.8 Å². The van der Waals surface area contributed by atoms with Gasteiger partial charge in [-0.05, 0) is 26.2 Å². The van der Waals surface area contributed by atoms with Crippen LogP contribution in [0.1, 0.15) is 32.6 Å². The van der Waals surface area contributed by atoms with Gasteiger partial charge in [0.1, 0.15) is 11.4 Å². The van der Waals surface area contributed by atoms with Crippen LogP contribution in [0.25, 0.3) is 0 Å². The van der Waals surface area contributed by atoms with Crippen LogP contribution in [0.2, 0.25) is 0 Å². The molecule has 3 nitrogen and oxygen atoms in total. The van der Waals surface area contributed by atoms with Crippen LogP contribution in [0.4, 0.5) is 0 Å². The van der Waals surface area contributed by atoms with Gasteiger partial charge in [0, 0.05) is 20.1 Å². The van der Waals surface area contributed by atoms with Gasteiger partial charge in [-0.25, -0.2) is 0 Å². The molecular weight excluding hydrogens is 180 g/mol. The lowest BCUT2D eigenvalue weighted by Gasteiger charge is -2.55. The Balaban J connectivity index is 2.11. The Morgan fingerprint density at radius 2 is 2.36 bits per heavy atom. The Hall–Kier alpha value is -0.410. The summed E-state index contributed by atoms with van der Waals surface area (Å²) in [6.07, 6.45) is 3.67. The van der Waals surface area contributed by atoms with Crippen LogP contribution in [0.5, 0.6) is 0 Å². The van der Waals surface area contributed by atoms with Crippen molar-refractivity contribution >= 4 is 5.78 Å². The van der Waals surface area contributed by atoms with Crippen molar-refractivity contribution in [2.75, 3.05) is 13.7 Å². The molecule has 2 aliphatic carbocycles. The van der Waals surface area contributed by atoms with Crippen LogP contribution in [0.3, 0.4) is 0 Å². The summed E-state index contributed by atoms with van der Waals surface area (Å²) in [4.78, 5) is 11.6. The first-order valence-electron chi connectivity index (χ1n) is 5.44. The molecule has 3 heteroatoms. The minimum Gasteiger partial charge on any atom is -0.375 e. The highest BCUT2D eigenvalue weighted by Crippen LogP contribution is 2.50. The van der Waals surface area contributed by atoms with E-state index in [0.717, 1.165) is 25.7 Å². The lowest BCUT2D eigenvalue weighted by atomic mass is 9.59. The van der Waals surface area contributed by atoms with Gasteiger partial charge in [0.15, 0.2) is 0 Å². The van der Waals surface area contributed by atoms with Gasteiger partial charge in [0.25, 0.3) is 0 Å². The number of methoxy groups -OCH3 is 1. The molecule has 0 aromatic heterocycles. The molecule has 0 spiro atoms. The van der Waals surface area contributed by atoms with Crippen LogP contribution >= 0.6 is 0 Å². The second-order valence-electron chi connectivity index (χ2n) is 4.21. The zero-order valence-corrected chi connectivity index (χ0v) is 8.91. The summed E-state index contributed by atoms with van der Waals surface area (Å²) >= 11 is 0. The molecule has 0 radical (unpaired) electrons. The molecular formula is C11H18O3. The first-order chi connectivity index (χ1) is 6.74. The summed E-state index contributed by atoms with van der Waals surface area (Å²) in [5.74, 6) is 0.479. The molecule has 0 saturated heterocycles. The SMILES string of the molecule is CCOC1CC2C(=O)CCCC12OC. The van der Waals surface area contributed by atoms with E-state index >= 15 is 0 Å². The van der Waals surface area contributed by atoms with Crippen LogP contribution in [-0.2, 0) is 14.3 Å². The number of hydrogen-bond acceptors (Lipinski definition) is 3. The summed E-state index contributed by atoms with van der Waals surface area (Å²) in [6.45, 7) is 2.69. The van der Waals surface area contributed by atoms with Crippen molar-refractivity contribution in [1.82, 2.24) is 0 Å². The highest BCUT2D eigenvalue weighted by atomic mass is 16.5. The third kappa shape index (κ3) is 1.22. The molecule has 2 rings (SSSR count). The van der Waals surface area contributed by atoms with E-state index in [1.807, 2.05) is 6.92 Å². The van der Waals surface area contributed by atoms with Crippen molar-refractivity contribution < 1.29 is 14.3 Å². The number of carbonyl (C=O) groups excluding carboxylic acids is 1. The minimum atomic E-state index is -0.272. The highest BCUT2D eigenvalue weighted by molar-refractivity contribution is 5.84. The minimum absolute atomic E-state index is 0.109. The maximum atomic E-state index is 11.6. The van der Waals surface area contributed by atoms with E-state index in [4.69, 9.17) is 9.47 Å². The molecule has 0 aliphatic heterocycles. The van der Waals surface area contributed by atoms with Crippen molar-refractivity contribution in [2.24, 2.45) is 5.92 Å². The van der Waals surface area contributed by atoms with Gasteiger partial charge < -0.3 is 9.47 Å². The fourth-order valence-corrected chi connectivity index (χ4v) is 2.92. The van der Waals surface area contributed by atoms with E-state index in [9.17, 15) is 4.79 Å². The third-order valence-electron chi connectivity index (χ3n) is 3.71. The molecule has 80 valence electrons. The summed E-state index contributed by atoms with van der Waals surface area (Å²) in [5.41, 5.74) is -0.272. The average molecular weight is 198 g/mol. The molecule has 2 saturated carbocycles. The zero-order chi connectivity index (χ0) is 10.2. The third-order valence-corrected chi connectivity index (χ3v) is 3.71. The average Bonchev–Trinajstić information content (AvgIpc) is 2.17. The fourth-order valence-electron chi connectivity index (χ4n) is 2.92. The van der Waals surface area contributed by atoms with E-state index in [1.54, 1.807) is 7.11 Å². The van der Waals surface area contributed by atoms with Gasteiger partial charge in [-0.15, -0.1) is 0 Å². The first-order valence-corrected chi connectivity index (χ1v) is 5.44. The van der Waals surface area contributed by atoms with Gasteiger partial charge in [-0.1, -0.05) is 0 Å². The van der Waals surface area contributed by atoms with E-state index < -0.39 is 0 Å². The molecule has 3 unspecified atom stereocenters. The molecule has 0 aromatic rings. The number of carbonyl (C=O) groups is 1. The van der Waals surface area contributed by atoms with Gasteiger partial charge in [0.2, 0.25) is 0 Å². The van der Waals surface area contributed by atoms with Gasteiger partial charge in [-0.2, -0.15) is 0 Å². The number of hydrogen-bond donors (Lipinski definition) is 0. The van der Waals surface area contributed by atoms with Crippen LogP contribution in [0.15, 0.2) is 0 Å². The van der Waals surface area contributed by atoms with Crippen LogP contribution in [-0.4, -0.2) is 31.2 Å².